The van der Waals surface area contributed by atoms with Crippen LogP contribution in [0, 0.1) is 17.0 Å². The average molecular weight is 211 g/mol. The summed E-state index contributed by atoms with van der Waals surface area (Å²) in [4.78, 5) is 20.2. The Morgan fingerprint density at radius 3 is 2.80 bits per heavy atom. The molecule has 1 aromatic carbocycles. The number of nitro benzene ring substituents is 1. The van der Waals surface area contributed by atoms with Crippen LogP contribution in [0.1, 0.15) is 5.56 Å². The number of nitrogens with zero attached hydrogens (tertiary/aromatic N) is 1. The highest BCUT2D eigenvalue weighted by molar-refractivity contribution is 5.68. The smallest absolute Gasteiger partial charge is 0.341 e. The zero-order valence-electron chi connectivity index (χ0n) is 7.97. The summed E-state index contributed by atoms with van der Waals surface area (Å²) in [6, 6.07) is 4.33. The third-order valence-electron chi connectivity index (χ3n) is 1.66. The van der Waals surface area contributed by atoms with Gasteiger partial charge < -0.3 is 9.84 Å². The molecule has 0 amide bonds. The normalized spacial score (nSPS) is 9.67. The average Bonchev–Trinajstić information content (AvgIpc) is 2.15. The summed E-state index contributed by atoms with van der Waals surface area (Å²) in [5.74, 6) is -1.21. The zero-order chi connectivity index (χ0) is 11.4. The van der Waals surface area contributed by atoms with Crippen LogP contribution in [-0.4, -0.2) is 22.6 Å². The first kappa shape index (κ1) is 11.0. The van der Waals surface area contributed by atoms with Crippen molar-refractivity contribution >= 4 is 11.7 Å². The SMILES string of the molecule is Cc1ccc(OCC(=O)O)c([N+](=O)[O-])c1. The molecule has 0 radical (unpaired) electrons. The van der Waals surface area contributed by atoms with Crippen molar-refractivity contribution in [3.05, 3.63) is 33.9 Å². The lowest BCUT2D eigenvalue weighted by molar-refractivity contribution is -0.385. The molecule has 0 spiro atoms. The Hall–Kier alpha value is -2.11. The molecule has 0 unspecified atom stereocenters. The lowest BCUT2D eigenvalue weighted by atomic mass is 10.2. The van der Waals surface area contributed by atoms with Gasteiger partial charge in [0.2, 0.25) is 0 Å². The highest BCUT2D eigenvalue weighted by atomic mass is 16.6. The molecule has 0 aliphatic rings. The van der Waals surface area contributed by atoms with Crippen molar-refractivity contribution in [3.8, 4) is 5.75 Å². The summed E-state index contributed by atoms with van der Waals surface area (Å²) in [6.07, 6.45) is 0. The Morgan fingerprint density at radius 2 is 2.27 bits per heavy atom. The zero-order valence-corrected chi connectivity index (χ0v) is 7.97. The third-order valence-corrected chi connectivity index (χ3v) is 1.66. The van der Waals surface area contributed by atoms with Gasteiger partial charge in [0.05, 0.1) is 4.92 Å². The van der Waals surface area contributed by atoms with Crippen molar-refractivity contribution in [2.45, 2.75) is 6.92 Å². The first-order chi connectivity index (χ1) is 7.00. The van der Waals surface area contributed by atoms with Crippen LogP contribution in [-0.2, 0) is 4.79 Å². The number of hydrogen-bond acceptors (Lipinski definition) is 4. The lowest BCUT2D eigenvalue weighted by Crippen LogP contribution is -2.10. The number of aliphatic carboxylic acids is 1. The second-order valence-corrected chi connectivity index (χ2v) is 2.91. The second-order valence-electron chi connectivity index (χ2n) is 2.91. The maximum Gasteiger partial charge on any atom is 0.341 e. The van der Waals surface area contributed by atoms with E-state index in [9.17, 15) is 14.9 Å². The summed E-state index contributed by atoms with van der Waals surface area (Å²) < 4.78 is 4.77. The second kappa shape index (κ2) is 4.41. The number of hydrogen-bond donors (Lipinski definition) is 1. The van der Waals surface area contributed by atoms with Gasteiger partial charge in [-0.15, -0.1) is 0 Å². The van der Waals surface area contributed by atoms with Crippen molar-refractivity contribution in [2.75, 3.05) is 6.61 Å². The lowest BCUT2D eigenvalue weighted by Gasteiger charge is -2.04. The Bertz CT molecular complexity index is 401. The number of nitro groups is 1. The minimum atomic E-state index is -1.18. The molecule has 1 N–H and O–H groups in total. The van der Waals surface area contributed by atoms with Gasteiger partial charge in [-0.2, -0.15) is 0 Å². The monoisotopic (exact) mass is 211 g/mol. The van der Waals surface area contributed by atoms with Crippen LogP contribution in [0.25, 0.3) is 0 Å². The first-order valence-electron chi connectivity index (χ1n) is 4.10. The van der Waals surface area contributed by atoms with E-state index < -0.39 is 17.5 Å². The number of ether oxygens (including phenoxy) is 1. The van der Waals surface area contributed by atoms with Crippen molar-refractivity contribution in [1.29, 1.82) is 0 Å². The van der Waals surface area contributed by atoms with E-state index in [2.05, 4.69) is 0 Å². The molecule has 0 aliphatic carbocycles. The molecule has 1 aromatic rings. The van der Waals surface area contributed by atoms with Crippen LogP contribution in [0.2, 0.25) is 0 Å². The Morgan fingerprint density at radius 1 is 1.60 bits per heavy atom. The summed E-state index contributed by atoms with van der Waals surface area (Å²) in [5.41, 5.74) is 0.487. The van der Waals surface area contributed by atoms with E-state index in [1.54, 1.807) is 13.0 Å². The molecule has 6 heteroatoms. The van der Waals surface area contributed by atoms with Gasteiger partial charge in [0.1, 0.15) is 0 Å². The summed E-state index contributed by atoms with van der Waals surface area (Å²) in [7, 11) is 0. The van der Waals surface area contributed by atoms with Crippen molar-refractivity contribution in [1.82, 2.24) is 0 Å². The predicted octanol–water partition coefficient (Wildman–Crippen LogP) is 1.37. The van der Waals surface area contributed by atoms with Crippen LogP contribution in [0.15, 0.2) is 18.2 Å². The maximum atomic E-state index is 10.6. The fourth-order valence-corrected chi connectivity index (χ4v) is 1.03. The molecule has 0 bridgehead atoms. The molecular weight excluding hydrogens is 202 g/mol. The molecule has 0 heterocycles. The van der Waals surface area contributed by atoms with Gasteiger partial charge in [-0.3, -0.25) is 10.1 Å². The molecule has 1 rings (SSSR count). The molecule has 0 saturated heterocycles. The number of carboxylic acid groups (broad SMARTS) is 1. The number of carbonyl (C=O) groups is 1. The van der Waals surface area contributed by atoms with E-state index in [0.29, 0.717) is 5.56 Å². The minimum absolute atomic E-state index is 0.0343. The Labute approximate surface area is 85.2 Å². The predicted molar refractivity (Wildman–Crippen MR) is 51.0 cm³/mol. The molecular formula is C9H9NO5. The van der Waals surface area contributed by atoms with Gasteiger partial charge >= 0.3 is 11.7 Å². The molecule has 0 atom stereocenters. The van der Waals surface area contributed by atoms with E-state index in [-0.39, 0.29) is 11.4 Å². The van der Waals surface area contributed by atoms with Gasteiger partial charge in [-0.1, -0.05) is 6.07 Å². The molecule has 0 saturated carbocycles. The molecule has 0 aromatic heterocycles. The third kappa shape index (κ3) is 2.94. The van der Waals surface area contributed by atoms with E-state index in [4.69, 9.17) is 9.84 Å². The number of rotatable bonds is 4. The molecule has 15 heavy (non-hydrogen) atoms. The Kier molecular flexibility index (Phi) is 3.22. The van der Waals surface area contributed by atoms with Crippen molar-refractivity contribution < 1.29 is 19.6 Å². The van der Waals surface area contributed by atoms with Crippen molar-refractivity contribution in [3.63, 3.8) is 0 Å². The van der Waals surface area contributed by atoms with E-state index in [1.807, 2.05) is 0 Å². The maximum absolute atomic E-state index is 10.6. The van der Waals surface area contributed by atoms with Crippen LogP contribution >= 0.6 is 0 Å². The molecule has 0 aliphatic heterocycles. The number of aryl methyl sites for hydroxylation is 1. The fourth-order valence-electron chi connectivity index (χ4n) is 1.03. The largest absolute Gasteiger partial charge is 0.479 e. The Balaban J connectivity index is 2.95. The molecule has 6 nitrogen and oxygen atoms in total. The number of benzene rings is 1. The van der Waals surface area contributed by atoms with E-state index >= 15 is 0 Å². The summed E-state index contributed by atoms with van der Waals surface area (Å²) >= 11 is 0. The quantitative estimate of drug-likeness (QED) is 0.600. The van der Waals surface area contributed by atoms with Gasteiger partial charge in [0.25, 0.3) is 0 Å². The van der Waals surface area contributed by atoms with Crippen LogP contribution in [0.5, 0.6) is 5.75 Å². The first-order valence-corrected chi connectivity index (χ1v) is 4.10. The minimum Gasteiger partial charge on any atom is -0.479 e. The summed E-state index contributed by atoms with van der Waals surface area (Å²) in [6.45, 7) is 1.11. The van der Waals surface area contributed by atoms with Crippen LogP contribution in [0.4, 0.5) is 5.69 Å². The van der Waals surface area contributed by atoms with E-state index in [0.717, 1.165) is 0 Å². The van der Waals surface area contributed by atoms with Gasteiger partial charge in [-0.25, -0.2) is 4.79 Å². The van der Waals surface area contributed by atoms with E-state index in [1.165, 1.54) is 12.1 Å². The molecule has 80 valence electrons. The van der Waals surface area contributed by atoms with Crippen LogP contribution in [0.3, 0.4) is 0 Å². The summed E-state index contributed by atoms with van der Waals surface area (Å²) in [5, 5.41) is 19.0. The highest BCUT2D eigenvalue weighted by Gasteiger charge is 2.15. The van der Waals surface area contributed by atoms with Gasteiger partial charge in [0.15, 0.2) is 12.4 Å². The number of carboxylic acids is 1. The van der Waals surface area contributed by atoms with Gasteiger partial charge in [0, 0.05) is 6.07 Å². The highest BCUT2D eigenvalue weighted by Crippen LogP contribution is 2.27. The van der Waals surface area contributed by atoms with Crippen molar-refractivity contribution in [2.24, 2.45) is 0 Å². The molecule has 0 fully saturated rings. The standard InChI is InChI=1S/C9H9NO5/c1-6-2-3-8(15-5-9(11)12)7(4-6)10(13)14/h2-4H,5H2,1H3,(H,11,12). The van der Waals surface area contributed by atoms with Crippen LogP contribution < -0.4 is 4.74 Å². The van der Waals surface area contributed by atoms with Gasteiger partial charge in [-0.05, 0) is 18.6 Å². The topological polar surface area (TPSA) is 89.7 Å². The fraction of sp³-hybridized carbons (Fsp3) is 0.222.